The molecule has 1 amide bonds. The maximum atomic E-state index is 13.3. The van der Waals surface area contributed by atoms with Crippen LogP contribution in [0.5, 0.6) is 5.75 Å². The molecule has 10 heteroatoms. The Labute approximate surface area is 258 Å². The van der Waals surface area contributed by atoms with Crippen LogP contribution in [-0.4, -0.2) is 62.5 Å². The molecule has 0 N–H and O–H groups in total. The Hall–Kier alpha value is -2.32. The zero-order valence-corrected chi connectivity index (χ0v) is 27.4. The average Bonchev–Trinajstić information content (AvgIpc) is 3.30. The van der Waals surface area contributed by atoms with Crippen molar-refractivity contribution in [2.75, 3.05) is 19.7 Å². The van der Waals surface area contributed by atoms with Crippen molar-refractivity contribution in [1.82, 2.24) is 24.8 Å². The van der Waals surface area contributed by atoms with Crippen molar-refractivity contribution in [3.63, 3.8) is 0 Å². The van der Waals surface area contributed by atoms with Crippen molar-refractivity contribution in [1.29, 1.82) is 0 Å². The van der Waals surface area contributed by atoms with Crippen molar-refractivity contribution in [2.45, 2.75) is 84.8 Å². The molecule has 1 aliphatic heterocycles. The van der Waals surface area contributed by atoms with Crippen LogP contribution >= 0.6 is 34.8 Å². The summed E-state index contributed by atoms with van der Waals surface area (Å²) < 4.78 is 7.73. The van der Waals surface area contributed by atoms with E-state index in [1.165, 1.54) is 5.56 Å². The highest BCUT2D eigenvalue weighted by molar-refractivity contribution is 6.40. The molecule has 4 rings (SSSR count). The first-order valence-electron chi connectivity index (χ1n) is 13.9. The standard InChI is InChI=1S/C31H40Cl3N5O2/c1-19-14-37(28(40)18-41-27-10-9-21(30(3,4)5)11-24(27)31(6,7)8)15-20(2)38(19)16-23-17-39(36-35-23)29-25(33)12-22(32)13-26(29)34/h9-13,17,19-20H,14-16,18H2,1-8H3/t19-,20+. The van der Waals surface area contributed by atoms with Crippen molar-refractivity contribution in [3.05, 3.63) is 68.4 Å². The van der Waals surface area contributed by atoms with E-state index in [0.29, 0.717) is 40.4 Å². The lowest BCUT2D eigenvalue weighted by Crippen LogP contribution is -2.58. The average molecular weight is 621 g/mol. The lowest BCUT2D eigenvalue weighted by atomic mass is 9.80. The molecule has 0 bridgehead atoms. The normalized spacial score (nSPS) is 18.6. The van der Waals surface area contributed by atoms with Crippen LogP contribution in [0.4, 0.5) is 0 Å². The predicted octanol–water partition coefficient (Wildman–Crippen LogP) is 7.32. The first-order valence-corrected chi connectivity index (χ1v) is 15.1. The van der Waals surface area contributed by atoms with E-state index >= 15 is 0 Å². The largest absolute Gasteiger partial charge is 0.483 e. The Morgan fingerprint density at radius 3 is 2.12 bits per heavy atom. The molecule has 1 fully saturated rings. The highest BCUT2D eigenvalue weighted by Gasteiger charge is 2.33. The summed E-state index contributed by atoms with van der Waals surface area (Å²) in [6.07, 6.45) is 1.82. The van der Waals surface area contributed by atoms with Gasteiger partial charge in [0, 0.05) is 36.7 Å². The van der Waals surface area contributed by atoms with Crippen molar-refractivity contribution in [2.24, 2.45) is 0 Å². The van der Waals surface area contributed by atoms with Crippen LogP contribution in [0, 0.1) is 0 Å². The zero-order valence-electron chi connectivity index (χ0n) is 25.1. The number of piperazine rings is 1. The van der Waals surface area contributed by atoms with E-state index in [1.54, 1.807) is 16.8 Å². The van der Waals surface area contributed by atoms with Gasteiger partial charge in [0.1, 0.15) is 11.4 Å². The minimum Gasteiger partial charge on any atom is -0.483 e. The fourth-order valence-electron chi connectivity index (χ4n) is 5.23. The molecule has 2 heterocycles. The molecule has 1 aromatic heterocycles. The van der Waals surface area contributed by atoms with Gasteiger partial charge in [0.2, 0.25) is 0 Å². The van der Waals surface area contributed by atoms with E-state index in [-0.39, 0.29) is 35.4 Å². The van der Waals surface area contributed by atoms with Gasteiger partial charge < -0.3 is 9.64 Å². The molecular formula is C31H40Cl3N5O2. The number of rotatable bonds is 6. The molecule has 1 aliphatic rings. The number of nitrogens with zero attached hydrogens (tertiary/aromatic N) is 5. The monoisotopic (exact) mass is 619 g/mol. The number of carbonyl (C=O) groups excluding carboxylic acids is 1. The van der Waals surface area contributed by atoms with Gasteiger partial charge in [-0.05, 0) is 54.0 Å². The van der Waals surface area contributed by atoms with Gasteiger partial charge in [0.05, 0.1) is 21.9 Å². The Balaban J connectivity index is 1.40. The molecular weight excluding hydrogens is 581 g/mol. The smallest absolute Gasteiger partial charge is 0.260 e. The molecule has 0 aliphatic carbocycles. The van der Waals surface area contributed by atoms with Crippen LogP contribution in [0.15, 0.2) is 36.5 Å². The number of amides is 1. The highest BCUT2D eigenvalue weighted by atomic mass is 35.5. The molecule has 41 heavy (non-hydrogen) atoms. The van der Waals surface area contributed by atoms with E-state index < -0.39 is 0 Å². The van der Waals surface area contributed by atoms with Crippen molar-refractivity contribution in [3.8, 4) is 11.4 Å². The molecule has 7 nitrogen and oxygen atoms in total. The van der Waals surface area contributed by atoms with Gasteiger partial charge in [-0.15, -0.1) is 5.10 Å². The SMILES string of the molecule is C[C@@H]1CN(C(=O)COc2ccc(C(C)(C)C)cc2C(C)(C)C)C[C@H](C)N1Cc1cn(-c2c(Cl)cc(Cl)cc2Cl)nn1. The minimum atomic E-state index is -0.111. The number of aromatic nitrogens is 3. The van der Waals surface area contributed by atoms with Crippen molar-refractivity contribution >= 4 is 40.7 Å². The van der Waals surface area contributed by atoms with Crippen molar-refractivity contribution < 1.29 is 9.53 Å². The molecule has 0 unspecified atom stereocenters. The summed E-state index contributed by atoms with van der Waals surface area (Å²) in [5.41, 5.74) is 3.60. The van der Waals surface area contributed by atoms with Crippen LogP contribution in [-0.2, 0) is 22.2 Å². The highest BCUT2D eigenvalue weighted by Crippen LogP contribution is 2.36. The van der Waals surface area contributed by atoms with E-state index in [4.69, 9.17) is 39.5 Å². The summed E-state index contributed by atoms with van der Waals surface area (Å²) in [6, 6.07) is 9.81. The third-order valence-electron chi connectivity index (χ3n) is 7.56. The molecule has 2 aromatic carbocycles. The van der Waals surface area contributed by atoms with Gasteiger partial charge in [0.25, 0.3) is 5.91 Å². The number of ether oxygens (including phenoxy) is 1. The molecule has 0 radical (unpaired) electrons. The number of halogens is 3. The quantitative estimate of drug-likeness (QED) is 0.289. The topological polar surface area (TPSA) is 63.5 Å². The van der Waals surface area contributed by atoms with Gasteiger partial charge in [-0.2, -0.15) is 0 Å². The van der Waals surface area contributed by atoms with E-state index in [2.05, 4.69) is 82.7 Å². The maximum Gasteiger partial charge on any atom is 0.260 e. The summed E-state index contributed by atoms with van der Waals surface area (Å²) in [4.78, 5) is 17.5. The fourth-order valence-corrected chi connectivity index (χ4v) is 6.22. The second kappa shape index (κ2) is 12.1. The third-order valence-corrected chi connectivity index (χ3v) is 8.35. The number of benzene rings is 2. The molecule has 0 spiro atoms. The van der Waals surface area contributed by atoms with Gasteiger partial charge >= 0.3 is 0 Å². The Morgan fingerprint density at radius 2 is 1.56 bits per heavy atom. The van der Waals surface area contributed by atoms with Gasteiger partial charge in [-0.25, -0.2) is 4.68 Å². The second-order valence-corrected chi connectivity index (χ2v) is 14.3. The summed E-state index contributed by atoms with van der Waals surface area (Å²) in [5, 5.41) is 9.84. The van der Waals surface area contributed by atoms with Crippen LogP contribution in [0.25, 0.3) is 5.69 Å². The van der Waals surface area contributed by atoms with Gasteiger partial charge in [-0.1, -0.05) is 93.7 Å². The molecule has 3 aromatic rings. The molecule has 0 saturated carbocycles. The summed E-state index contributed by atoms with van der Waals surface area (Å²) in [5.74, 6) is 0.753. The number of hydrogen-bond donors (Lipinski definition) is 0. The Kier molecular flexibility index (Phi) is 9.34. The molecule has 222 valence electrons. The lowest BCUT2D eigenvalue weighted by Gasteiger charge is -2.44. The first-order chi connectivity index (χ1) is 19.0. The predicted molar refractivity (Wildman–Crippen MR) is 167 cm³/mol. The van der Waals surface area contributed by atoms with Crippen LogP contribution < -0.4 is 4.74 Å². The molecule has 1 saturated heterocycles. The second-order valence-electron chi connectivity index (χ2n) is 13.0. The van der Waals surface area contributed by atoms with Crippen LogP contribution in [0.2, 0.25) is 15.1 Å². The summed E-state index contributed by atoms with van der Waals surface area (Å²) in [7, 11) is 0. The third kappa shape index (κ3) is 7.37. The molecule has 2 atom stereocenters. The first kappa shape index (κ1) is 31.6. The maximum absolute atomic E-state index is 13.3. The Morgan fingerprint density at radius 1 is 0.951 bits per heavy atom. The van der Waals surface area contributed by atoms with Crippen LogP contribution in [0.3, 0.4) is 0 Å². The van der Waals surface area contributed by atoms with E-state index in [9.17, 15) is 4.79 Å². The lowest BCUT2D eigenvalue weighted by molar-refractivity contribution is -0.138. The van der Waals surface area contributed by atoms with Gasteiger partial charge in [0.15, 0.2) is 6.61 Å². The van der Waals surface area contributed by atoms with Crippen LogP contribution in [0.1, 0.15) is 72.2 Å². The Bertz CT molecular complexity index is 1370. The number of hydrogen-bond acceptors (Lipinski definition) is 5. The summed E-state index contributed by atoms with van der Waals surface area (Å²) >= 11 is 18.8. The zero-order chi connectivity index (χ0) is 30.3. The van der Waals surface area contributed by atoms with Gasteiger partial charge in [-0.3, -0.25) is 9.69 Å². The van der Waals surface area contributed by atoms with E-state index in [1.807, 2.05) is 17.2 Å². The summed E-state index contributed by atoms with van der Waals surface area (Å²) in [6.45, 7) is 19.2. The fraction of sp³-hybridized carbons (Fsp3) is 0.516. The minimum absolute atomic E-state index is 0.00826. The van der Waals surface area contributed by atoms with E-state index in [0.717, 1.165) is 17.0 Å². The number of carbonyl (C=O) groups is 1.